The molecule has 82 valence electrons. The summed E-state index contributed by atoms with van der Waals surface area (Å²) in [6, 6.07) is 1.83. The van der Waals surface area contributed by atoms with Gasteiger partial charge in [-0.05, 0) is 6.07 Å². The highest BCUT2D eigenvalue weighted by Crippen LogP contribution is 2.23. The van der Waals surface area contributed by atoms with Crippen LogP contribution in [0.4, 0.5) is 11.5 Å². The lowest BCUT2D eigenvalue weighted by Crippen LogP contribution is -2.15. The van der Waals surface area contributed by atoms with Crippen molar-refractivity contribution in [1.82, 2.24) is 15.0 Å². The molecule has 0 fully saturated rings. The molecule has 2 aromatic heterocycles. The quantitative estimate of drug-likeness (QED) is 0.810. The van der Waals surface area contributed by atoms with Gasteiger partial charge in [-0.3, -0.25) is 0 Å². The van der Waals surface area contributed by atoms with Crippen molar-refractivity contribution in [2.24, 2.45) is 0 Å². The van der Waals surface area contributed by atoms with Gasteiger partial charge in [0.15, 0.2) is 5.82 Å². The van der Waals surface area contributed by atoms with Crippen LogP contribution in [0.15, 0.2) is 31.0 Å². The number of aromatic amines is 1. The first-order chi connectivity index (χ1) is 7.70. The highest BCUT2D eigenvalue weighted by molar-refractivity contribution is 5.93. The third-order valence-electron chi connectivity index (χ3n) is 2.21. The number of carboxylic acid groups (broad SMARTS) is 1. The molecule has 0 amide bonds. The van der Waals surface area contributed by atoms with Gasteiger partial charge >= 0.3 is 5.97 Å². The van der Waals surface area contributed by atoms with Crippen molar-refractivity contribution in [1.29, 1.82) is 0 Å². The molecular formula is C10H10N4O2. The predicted molar refractivity (Wildman–Crippen MR) is 57.8 cm³/mol. The van der Waals surface area contributed by atoms with Crippen LogP contribution in [-0.4, -0.2) is 33.1 Å². The SMILES string of the molecule is CN(c1cc[nH]c1)c1ncncc1C(=O)O. The second kappa shape index (κ2) is 4.01. The number of anilines is 2. The highest BCUT2D eigenvalue weighted by atomic mass is 16.4. The molecule has 2 aromatic rings. The van der Waals surface area contributed by atoms with Gasteiger partial charge in [0, 0.05) is 25.6 Å². The summed E-state index contributed by atoms with van der Waals surface area (Å²) in [4.78, 5) is 23.2. The van der Waals surface area contributed by atoms with Crippen LogP contribution in [0.1, 0.15) is 10.4 Å². The fourth-order valence-corrected chi connectivity index (χ4v) is 1.39. The Kier molecular flexibility index (Phi) is 2.55. The molecule has 0 saturated carbocycles. The van der Waals surface area contributed by atoms with Crippen LogP contribution in [0.5, 0.6) is 0 Å². The smallest absolute Gasteiger partial charge is 0.341 e. The summed E-state index contributed by atoms with van der Waals surface area (Å²) in [6.45, 7) is 0. The zero-order valence-corrected chi connectivity index (χ0v) is 8.58. The van der Waals surface area contributed by atoms with E-state index in [4.69, 9.17) is 5.11 Å². The molecule has 0 aliphatic carbocycles. The predicted octanol–water partition coefficient (Wildman–Crippen LogP) is 1.27. The zero-order chi connectivity index (χ0) is 11.5. The Balaban J connectivity index is 2.44. The van der Waals surface area contributed by atoms with Crippen LogP contribution < -0.4 is 4.90 Å². The highest BCUT2D eigenvalue weighted by Gasteiger charge is 2.16. The van der Waals surface area contributed by atoms with Gasteiger partial charge in [-0.15, -0.1) is 0 Å². The molecule has 2 heterocycles. The number of hydrogen-bond acceptors (Lipinski definition) is 4. The first kappa shape index (κ1) is 10.2. The maximum atomic E-state index is 11.0. The molecule has 0 saturated heterocycles. The van der Waals surface area contributed by atoms with E-state index in [0.717, 1.165) is 5.69 Å². The lowest BCUT2D eigenvalue weighted by atomic mass is 10.3. The Labute approximate surface area is 91.6 Å². The number of nitrogens with zero attached hydrogens (tertiary/aromatic N) is 3. The van der Waals surface area contributed by atoms with Crippen molar-refractivity contribution in [3.05, 3.63) is 36.5 Å². The van der Waals surface area contributed by atoms with E-state index < -0.39 is 5.97 Å². The molecule has 16 heavy (non-hydrogen) atoms. The fourth-order valence-electron chi connectivity index (χ4n) is 1.39. The first-order valence-electron chi connectivity index (χ1n) is 4.60. The zero-order valence-electron chi connectivity index (χ0n) is 8.58. The van der Waals surface area contributed by atoms with Crippen molar-refractivity contribution < 1.29 is 9.90 Å². The topological polar surface area (TPSA) is 82.1 Å². The largest absolute Gasteiger partial charge is 0.477 e. The number of carboxylic acids is 1. The van der Waals surface area contributed by atoms with Gasteiger partial charge in [0.1, 0.15) is 11.9 Å². The molecule has 0 bridgehead atoms. The third kappa shape index (κ3) is 1.72. The van der Waals surface area contributed by atoms with Gasteiger partial charge < -0.3 is 15.0 Å². The molecule has 6 heteroatoms. The second-order valence-corrected chi connectivity index (χ2v) is 3.19. The lowest BCUT2D eigenvalue weighted by Gasteiger charge is -2.17. The third-order valence-corrected chi connectivity index (χ3v) is 2.21. The van der Waals surface area contributed by atoms with Gasteiger partial charge in [-0.2, -0.15) is 0 Å². The standard InChI is InChI=1S/C10H10N4O2/c1-14(7-2-3-11-4-7)9-8(10(15)16)5-12-6-13-9/h2-6,11H,1H3,(H,15,16). The first-order valence-corrected chi connectivity index (χ1v) is 4.60. The Hall–Kier alpha value is -2.37. The van der Waals surface area contributed by atoms with Gasteiger partial charge in [-0.25, -0.2) is 14.8 Å². The average molecular weight is 218 g/mol. The number of nitrogens with one attached hydrogen (secondary N) is 1. The number of rotatable bonds is 3. The molecule has 2 rings (SSSR count). The van der Waals surface area contributed by atoms with E-state index >= 15 is 0 Å². The van der Waals surface area contributed by atoms with Crippen molar-refractivity contribution in [2.75, 3.05) is 11.9 Å². The van der Waals surface area contributed by atoms with E-state index in [-0.39, 0.29) is 5.56 Å². The molecule has 0 aliphatic heterocycles. The van der Waals surface area contributed by atoms with Crippen molar-refractivity contribution in [3.8, 4) is 0 Å². The van der Waals surface area contributed by atoms with Crippen LogP contribution in [-0.2, 0) is 0 Å². The lowest BCUT2D eigenvalue weighted by molar-refractivity contribution is 0.0697. The normalized spacial score (nSPS) is 10.1. The van der Waals surface area contributed by atoms with E-state index in [1.165, 1.54) is 12.5 Å². The molecule has 0 radical (unpaired) electrons. The summed E-state index contributed by atoms with van der Waals surface area (Å²) in [7, 11) is 1.75. The Bertz CT molecular complexity index is 495. The molecule has 0 unspecified atom stereocenters. The molecular weight excluding hydrogens is 208 g/mol. The van der Waals surface area contributed by atoms with Gasteiger partial charge in [0.05, 0.1) is 5.69 Å². The summed E-state index contributed by atoms with van der Waals surface area (Å²) < 4.78 is 0. The molecule has 0 spiro atoms. The van der Waals surface area contributed by atoms with E-state index in [2.05, 4.69) is 15.0 Å². The molecule has 0 aromatic carbocycles. The monoisotopic (exact) mass is 218 g/mol. The average Bonchev–Trinajstić information content (AvgIpc) is 2.81. The minimum absolute atomic E-state index is 0.0752. The Morgan fingerprint density at radius 1 is 1.56 bits per heavy atom. The number of carbonyl (C=O) groups is 1. The number of aromatic nitrogens is 3. The fraction of sp³-hybridized carbons (Fsp3) is 0.100. The van der Waals surface area contributed by atoms with E-state index in [0.29, 0.717) is 5.82 Å². The Morgan fingerprint density at radius 2 is 2.38 bits per heavy atom. The Morgan fingerprint density at radius 3 is 3.00 bits per heavy atom. The molecule has 0 aliphatic rings. The van der Waals surface area contributed by atoms with E-state index in [1.54, 1.807) is 24.3 Å². The van der Waals surface area contributed by atoms with Crippen LogP contribution >= 0.6 is 0 Å². The summed E-state index contributed by atoms with van der Waals surface area (Å²) in [5.41, 5.74) is 0.910. The van der Waals surface area contributed by atoms with Crippen LogP contribution in [0, 0.1) is 0 Å². The van der Waals surface area contributed by atoms with Crippen LogP contribution in [0.3, 0.4) is 0 Å². The maximum Gasteiger partial charge on any atom is 0.341 e. The number of H-pyrrole nitrogens is 1. The summed E-state index contributed by atoms with van der Waals surface area (Å²) in [5.74, 6) is -0.680. The van der Waals surface area contributed by atoms with Gasteiger partial charge in [-0.1, -0.05) is 0 Å². The van der Waals surface area contributed by atoms with Crippen LogP contribution in [0.25, 0.3) is 0 Å². The summed E-state index contributed by atoms with van der Waals surface area (Å²) in [6.07, 6.45) is 6.12. The van der Waals surface area contributed by atoms with Crippen molar-refractivity contribution in [3.63, 3.8) is 0 Å². The maximum absolute atomic E-state index is 11.0. The van der Waals surface area contributed by atoms with Gasteiger partial charge in [0.25, 0.3) is 0 Å². The summed E-state index contributed by atoms with van der Waals surface area (Å²) in [5, 5.41) is 9.00. The van der Waals surface area contributed by atoms with E-state index in [9.17, 15) is 4.79 Å². The minimum Gasteiger partial charge on any atom is -0.477 e. The van der Waals surface area contributed by atoms with Crippen molar-refractivity contribution in [2.45, 2.75) is 0 Å². The minimum atomic E-state index is -1.04. The van der Waals surface area contributed by atoms with Crippen molar-refractivity contribution >= 4 is 17.5 Å². The van der Waals surface area contributed by atoms with Gasteiger partial charge in [0.2, 0.25) is 0 Å². The number of aromatic carboxylic acids is 1. The number of hydrogen-bond donors (Lipinski definition) is 2. The molecule has 6 nitrogen and oxygen atoms in total. The van der Waals surface area contributed by atoms with E-state index in [1.807, 2.05) is 6.07 Å². The second-order valence-electron chi connectivity index (χ2n) is 3.19. The molecule has 2 N–H and O–H groups in total. The summed E-state index contributed by atoms with van der Waals surface area (Å²) >= 11 is 0. The van der Waals surface area contributed by atoms with Crippen LogP contribution in [0.2, 0.25) is 0 Å². The molecule has 0 atom stereocenters.